The van der Waals surface area contributed by atoms with Gasteiger partial charge < -0.3 is 25.6 Å². The average Bonchev–Trinajstić information content (AvgIpc) is 3.46. The van der Waals surface area contributed by atoms with E-state index >= 15 is 0 Å². The smallest absolute Gasteiger partial charge is 0.411 e. The van der Waals surface area contributed by atoms with Crippen molar-refractivity contribution < 1.29 is 29.0 Å². The number of aromatic nitrogens is 1. The Hall–Kier alpha value is -3.96. The zero-order valence-electron chi connectivity index (χ0n) is 26.9. The van der Waals surface area contributed by atoms with Crippen LogP contribution in [0.3, 0.4) is 0 Å². The number of benzene rings is 2. The van der Waals surface area contributed by atoms with Gasteiger partial charge in [0, 0.05) is 12.2 Å². The molecule has 0 aliphatic carbocycles. The van der Waals surface area contributed by atoms with Crippen molar-refractivity contribution in [3.05, 3.63) is 88.4 Å². The molecule has 1 aromatic heterocycles. The van der Waals surface area contributed by atoms with Crippen molar-refractivity contribution in [1.82, 2.24) is 15.2 Å². The van der Waals surface area contributed by atoms with E-state index in [1.54, 1.807) is 53.2 Å². The van der Waals surface area contributed by atoms with Gasteiger partial charge in [0.2, 0.25) is 5.91 Å². The predicted molar refractivity (Wildman–Crippen MR) is 174 cm³/mol. The molecule has 45 heavy (non-hydrogen) atoms. The van der Waals surface area contributed by atoms with Gasteiger partial charge in [-0.15, -0.1) is 11.3 Å². The zero-order chi connectivity index (χ0) is 33.2. The molecule has 3 unspecified atom stereocenters. The number of nitrogens with one attached hydrogen (secondary N) is 1. The minimum atomic E-state index is -1.21. The van der Waals surface area contributed by atoms with Gasteiger partial charge in [0.05, 0.1) is 22.5 Å². The van der Waals surface area contributed by atoms with E-state index in [1.165, 1.54) is 16.2 Å². The second-order valence-corrected chi connectivity index (χ2v) is 14.2. The zero-order valence-corrected chi connectivity index (χ0v) is 27.8. The van der Waals surface area contributed by atoms with E-state index in [0.29, 0.717) is 6.42 Å². The molecule has 0 saturated heterocycles. The second kappa shape index (κ2) is 15.9. The number of primary amides is 1. The van der Waals surface area contributed by atoms with Crippen LogP contribution < -0.4 is 11.1 Å². The molecule has 0 fully saturated rings. The Morgan fingerprint density at radius 3 is 2.02 bits per heavy atom. The first-order chi connectivity index (χ1) is 21.1. The SMILES string of the molecule is CC(C)(C)OC(=O)NC(Cc1ccccc1)CC(O)C(Cc1ccccc1)N(C(=O)OCc1cncs1)[C@H](C(N)=O)C(C)(C)C. The monoisotopic (exact) mass is 638 g/mol. The molecule has 0 bridgehead atoms. The lowest BCUT2D eigenvalue weighted by Gasteiger charge is -2.43. The number of thiazole rings is 1. The van der Waals surface area contributed by atoms with Crippen molar-refractivity contribution in [3.8, 4) is 0 Å². The Balaban J connectivity index is 2.03. The van der Waals surface area contributed by atoms with Crippen LogP contribution in [0.2, 0.25) is 0 Å². The first-order valence-corrected chi connectivity index (χ1v) is 15.9. The molecule has 4 N–H and O–H groups in total. The van der Waals surface area contributed by atoms with E-state index in [-0.39, 0.29) is 19.4 Å². The Morgan fingerprint density at radius 1 is 0.956 bits per heavy atom. The molecule has 0 aliphatic rings. The molecule has 10 nitrogen and oxygen atoms in total. The molecule has 3 rings (SSSR count). The minimum Gasteiger partial charge on any atom is -0.444 e. The van der Waals surface area contributed by atoms with Crippen molar-refractivity contribution in [1.29, 1.82) is 0 Å². The van der Waals surface area contributed by atoms with Crippen LogP contribution in [0.5, 0.6) is 0 Å². The van der Waals surface area contributed by atoms with E-state index in [4.69, 9.17) is 15.2 Å². The number of aliphatic hydroxyl groups is 1. The lowest BCUT2D eigenvalue weighted by atomic mass is 9.82. The largest absolute Gasteiger partial charge is 0.444 e. The number of nitrogens with two attached hydrogens (primary N) is 1. The number of hydrogen-bond donors (Lipinski definition) is 3. The van der Waals surface area contributed by atoms with E-state index in [0.717, 1.165) is 16.0 Å². The normalized spacial score (nSPS) is 14.5. The Labute approximate surface area is 269 Å². The van der Waals surface area contributed by atoms with Crippen molar-refractivity contribution in [2.45, 2.75) is 97.2 Å². The van der Waals surface area contributed by atoms with Crippen LogP contribution >= 0.6 is 11.3 Å². The van der Waals surface area contributed by atoms with Crippen LogP contribution in [-0.4, -0.2) is 62.9 Å². The standard InChI is InChI=1S/C34H46N4O6S/c1-33(2,3)29(30(35)40)38(32(42)43-21-26-20-36-22-45-26)27(18-24-15-11-8-12-16-24)28(39)19-25(17-23-13-9-7-10-14-23)37-31(41)44-34(4,5)6/h7-16,20,22,25,27-29,39H,17-19,21H2,1-6H3,(H2,35,40)(H,37,41)/t25?,27?,28?,29-/m1/s1. The molecule has 1 heterocycles. The third-order valence-corrected chi connectivity index (χ3v) is 7.81. The molecule has 0 spiro atoms. The average molecular weight is 639 g/mol. The van der Waals surface area contributed by atoms with Gasteiger partial charge in [0.25, 0.3) is 0 Å². The minimum absolute atomic E-state index is 0.0416. The summed E-state index contributed by atoms with van der Waals surface area (Å²) in [6.07, 6.45) is -0.396. The molecule has 3 aromatic rings. The fraction of sp³-hybridized carbons (Fsp3) is 0.471. The highest BCUT2D eigenvalue weighted by Crippen LogP contribution is 2.30. The van der Waals surface area contributed by atoms with Gasteiger partial charge in [-0.1, -0.05) is 81.4 Å². The molecular weight excluding hydrogens is 592 g/mol. The third kappa shape index (κ3) is 11.5. The fourth-order valence-electron chi connectivity index (χ4n) is 5.22. The summed E-state index contributed by atoms with van der Waals surface area (Å²) in [5.41, 5.74) is 7.84. The van der Waals surface area contributed by atoms with Crippen LogP contribution in [0, 0.1) is 5.41 Å². The maximum absolute atomic E-state index is 14.0. The van der Waals surface area contributed by atoms with E-state index < -0.39 is 53.3 Å². The summed E-state index contributed by atoms with van der Waals surface area (Å²) >= 11 is 1.33. The number of aliphatic hydroxyl groups excluding tert-OH is 1. The molecule has 3 amide bonds. The maximum Gasteiger partial charge on any atom is 0.411 e. The van der Waals surface area contributed by atoms with Gasteiger partial charge in [-0.05, 0) is 56.6 Å². The summed E-state index contributed by atoms with van der Waals surface area (Å²) in [5, 5.41) is 14.9. The summed E-state index contributed by atoms with van der Waals surface area (Å²) in [5.74, 6) is -0.727. The van der Waals surface area contributed by atoms with Gasteiger partial charge in [0.1, 0.15) is 18.2 Å². The quantitative estimate of drug-likeness (QED) is 0.225. The van der Waals surface area contributed by atoms with Gasteiger partial charge in [-0.2, -0.15) is 0 Å². The number of rotatable bonds is 13. The van der Waals surface area contributed by atoms with Crippen LogP contribution in [0.15, 0.2) is 72.4 Å². The van der Waals surface area contributed by atoms with E-state index in [1.807, 2.05) is 60.7 Å². The third-order valence-electron chi connectivity index (χ3n) is 7.06. The summed E-state index contributed by atoms with van der Waals surface area (Å²) in [4.78, 5) is 46.0. The molecule has 0 aliphatic heterocycles. The number of hydrogen-bond acceptors (Lipinski definition) is 8. The molecule has 0 saturated carbocycles. The van der Waals surface area contributed by atoms with Gasteiger partial charge >= 0.3 is 12.2 Å². The highest BCUT2D eigenvalue weighted by Gasteiger charge is 2.45. The summed E-state index contributed by atoms with van der Waals surface area (Å²) in [6, 6.07) is 16.3. The number of alkyl carbamates (subject to hydrolysis) is 1. The number of nitrogens with zero attached hydrogens (tertiary/aromatic N) is 2. The maximum atomic E-state index is 14.0. The number of carbonyl (C=O) groups is 3. The van der Waals surface area contributed by atoms with Gasteiger partial charge in [-0.3, -0.25) is 14.7 Å². The van der Waals surface area contributed by atoms with Crippen molar-refractivity contribution in [2.24, 2.45) is 11.1 Å². The molecule has 2 aromatic carbocycles. The highest BCUT2D eigenvalue weighted by molar-refractivity contribution is 7.09. The number of amides is 3. The van der Waals surface area contributed by atoms with E-state index in [9.17, 15) is 19.5 Å². The lowest BCUT2D eigenvalue weighted by molar-refractivity contribution is -0.129. The van der Waals surface area contributed by atoms with Crippen LogP contribution in [0.25, 0.3) is 0 Å². The second-order valence-electron chi connectivity index (χ2n) is 13.2. The topological polar surface area (TPSA) is 144 Å². The Kier molecular flexibility index (Phi) is 12.5. The molecule has 244 valence electrons. The highest BCUT2D eigenvalue weighted by atomic mass is 32.1. The summed E-state index contributed by atoms with van der Waals surface area (Å²) in [7, 11) is 0. The number of ether oxygens (including phenoxy) is 2. The Bertz CT molecular complexity index is 1360. The fourth-order valence-corrected chi connectivity index (χ4v) is 5.73. The Morgan fingerprint density at radius 2 is 1.53 bits per heavy atom. The number of carbonyl (C=O) groups excluding carboxylic acids is 3. The van der Waals surface area contributed by atoms with Gasteiger partial charge in [0.15, 0.2) is 0 Å². The van der Waals surface area contributed by atoms with E-state index in [2.05, 4.69) is 10.3 Å². The molecule has 0 radical (unpaired) electrons. The molecular formula is C34H46N4O6S. The first kappa shape index (κ1) is 35.5. The van der Waals surface area contributed by atoms with Crippen LogP contribution in [-0.2, 0) is 33.7 Å². The van der Waals surface area contributed by atoms with Crippen LogP contribution in [0.1, 0.15) is 64.0 Å². The van der Waals surface area contributed by atoms with Crippen molar-refractivity contribution in [2.75, 3.05) is 0 Å². The molecule has 4 atom stereocenters. The summed E-state index contributed by atoms with van der Waals surface area (Å²) < 4.78 is 11.2. The van der Waals surface area contributed by atoms with Crippen molar-refractivity contribution >= 4 is 29.4 Å². The summed E-state index contributed by atoms with van der Waals surface area (Å²) in [6.45, 7) is 10.7. The lowest BCUT2D eigenvalue weighted by Crippen LogP contribution is -2.62. The van der Waals surface area contributed by atoms with Crippen LogP contribution in [0.4, 0.5) is 9.59 Å². The van der Waals surface area contributed by atoms with Gasteiger partial charge in [-0.25, -0.2) is 9.59 Å². The first-order valence-electron chi connectivity index (χ1n) is 15.0. The predicted octanol–water partition coefficient (Wildman–Crippen LogP) is 5.48. The van der Waals surface area contributed by atoms with Crippen molar-refractivity contribution in [3.63, 3.8) is 0 Å². The molecule has 11 heteroatoms.